The highest BCUT2D eigenvalue weighted by Gasteiger charge is 2.24. The van der Waals surface area contributed by atoms with Crippen molar-refractivity contribution < 1.29 is 19.7 Å². The highest BCUT2D eigenvalue weighted by atomic mass is 16.6. The third kappa shape index (κ3) is 7.11. The van der Waals surface area contributed by atoms with Crippen molar-refractivity contribution in [1.29, 1.82) is 0 Å². The Morgan fingerprint density at radius 3 is 2.43 bits per heavy atom. The molecule has 0 bridgehead atoms. The smallest absolute Gasteiger partial charge is 0.407 e. The van der Waals surface area contributed by atoms with Gasteiger partial charge in [0.2, 0.25) is 0 Å². The van der Waals surface area contributed by atoms with Crippen molar-refractivity contribution in [2.45, 2.75) is 51.4 Å². The van der Waals surface area contributed by atoms with Crippen molar-refractivity contribution in [1.82, 2.24) is 5.32 Å². The number of alkyl carbamates (subject to hydrolysis) is 1. The molecule has 0 radical (unpaired) electrons. The summed E-state index contributed by atoms with van der Waals surface area (Å²) >= 11 is 0. The van der Waals surface area contributed by atoms with Crippen LogP contribution in [0.3, 0.4) is 0 Å². The summed E-state index contributed by atoms with van der Waals surface area (Å²) in [5.74, 6) is 0. The van der Waals surface area contributed by atoms with Crippen molar-refractivity contribution >= 4 is 6.09 Å². The molecule has 0 saturated heterocycles. The molecule has 0 aromatic heterocycles. The van der Waals surface area contributed by atoms with Gasteiger partial charge in [-0.3, -0.25) is 0 Å². The molecule has 1 amide bonds. The molecule has 0 aliphatic carbocycles. The molecule has 0 unspecified atom stereocenters. The van der Waals surface area contributed by atoms with E-state index in [0.29, 0.717) is 6.42 Å². The Balaban J connectivity index is 2.71. The van der Waals surface area contributed by atoms with Crippen LogP contribution in [0.4, 0.5) is 4.79 Å². The second-order valence-corrected chi connectivity index (χ2v) is 6.02. The largest absolute Gasteiger partial charge is 0.444 e. The highest BCUT2D eigenvalue weighted by Crippen LogP contribution is 2.11. The number of rotatable bonds is 6. The SMILES string of the molecule is CC(C)(C)OC(=O)N[C@@H](Cc1ccccc1)[C@@H](O)CCO. The van der Waals surface area contributed by atoms with E-state index in [0.717, 1.165) is 5.56 Å². The van der Waals surface area contributed by atoms with Gasteiger partial charge in [0.1, 0.15) is 5.60 Å². The van der Waals surface area contributed by atoms with Crippen LogP contribution < -0.4 is 5.32 Å². The first kappa shape index (κ1) is 17.5. The molecule has 2 atom stereocenters. The molecule has 0 aliphatic rings. The first-order valence-electron chi connectivity index (χ1n) is 7.14. The lowest BCUT2D eigenvalue weighted by Gasteiger charge is -2.26. The molecule has 0 fully saturated rings. The lowest BCUT2D eigenvalue weighted by molar-refractivity contribution is 0.0390. The summed E-state index contributed by atoms with van der Waals surface area (Å²) in [5, 5.41) is 21.7. The van der Waals surface area contributed by atoms with Gasteiger partial charge in [0.25, 0.3) is 0 Å². The molecule has 1 aromatic carbocycles. The van der Waals surface area contributed by atoms with Gasteiger partial charge in [-0.25, -0.2) is 4.79 Å². The van der Waals surface area contributed by atoms with Gasteiger partial charge in [-0.15, -0.1) is 0 Å². The van der Waals surface area contributed by atoms with Gasteiger partial charge < -0.3 is 20.3 Å². The molecular formula is C16H25NO4. The van der Waals surface area contributed by atoms with Crippen LogP contribution in [0.1, 0.15) is 32.8 Å². The van der Waals surface area contributed by atoms with Gasteiger partial charge in [0, 0.05) is 6.61 Å². The number of ether oxygens (including phenoxy) is 1. The maximum atomic E-state index is 11.9. The zero-order valence-electron chi connectivity index (χ0n) is 12.9. The molecule has 5 nitrogen and oxygen atoms in total. The summed E-state index contributed by atoms with van der Waals surface area (Å²) in [7, 11) is 0. The van der Waals surface area contributed by atoms with Crippen LogP contribution in [0, 0.1) is 0 Å². The number of hydrogen-bond acceptors (Lipinski definition) is 4. The Labute approximate surface area is 125 Å². The first-order valence-corrected chi connectivity index (χ1v) is 7.14. The number of nitrogens with one attached hydrogen (secondary N) is 1. The van der Waals surface area contributed by atoms with E-state index in [2.05, 4.69) is 5.32 Å². The van der Waals surface area contributed by atoms with Crippen LogP contribution in [-0.4, -0.2) is 40.7 Å². The minimum absolute atomic E-state index is 0.136. The van der Waals surface area contributed by atoms with Crippen LogP contribution in [-0.2, 0) is 11.2 Å². The minimum atomic E-state index is -0.831. The van der Waals surface area contributed by atoms with Crippen LogP contribution in [0.2, 0.25) is 0 Å². The van der Waals surface area contributed by atoms with Crippen molar-refractivity contribution in [2.75, 3.05) is 6.61 Å². The number of hydrogen-bond donors (Lipinski definition) is 3. The van der Waals surface area contributed by atoms with Gasteiger partial charge in [-0.1, -0.05) is 30.3 Å². The summed E-state index contributed by atoms with van der Waals surface area (Å²) in [5.41, 5.74) is 0.402. The van der Waals surface area contributed by atoms with Gasteiger partial charge in [0.15, 0.2) is 0 Å². The zero-order valence-corrected chi connectivity index (χ0v) is 12.9. The highest BCUT2D eigenvalue weighted by molar-refractivity contribution is 5.68. The van der Waals surface area contributed by atoms with Crippen molar-refractivity contribution in [3.05, 3.63) is 35.9 Å². The minimum Gasteiger partial charge on any atom is -0.444 e. The summed E-state index contributed by atoms with van der Waals surface area (Å²) in [4.78, 5) is 11.9. The van der Waals surface area contributed by atoms with E-state index in [1.54, 1.807) is 20.8 Å². The monoisotopic (exact) mass is 295 g/mol. The average molecular weight is 295 g/mol. The van der Waals surface area contributed by atoms with Gasteiger partial charge in [0.05, 0.1) is 12.1 Å². The number of aliphatic hydroxyl groups is 2. The Bertz CT molecular complexity index is 428. The molecule has 5 heteroatoms. The fourth-order valence-corrected chi connectivity index (χ4v) is 1.94. The molecule has 0 saturated carbocycles. The topological polar surface area (TPSA) is 78.8 Å². The van der Waals surface area contributed by atoms with E-state index < -0.39 is 23.8 Å². The molecule has 0 aliphatic heterocycles. The molecule has 1 rings (SSSR count). The normalized spacial score (nSPS) is 14.3. The quantitative estimate of drug-likeness (QED) is 0.748. The standard InChI is InChI=1S/C16H25NO4/c1-16(2,3)21-15(20)17-13(14(19)9-10-18)11-12-7-5-4-6-8-12/h4-8,13-14,18-19H,9-11H2,1-3H3,(H,17,20)/t13-,14-/m0/s1. The molecule has 1 aromatic rings. The molecule has 21 heavy (non-hydrogen) atoms. The van der Waals surface area contributed by atoms with Crippen molar-refractivity contribution in [3.8, 4) is 0 Å². The van der Waals surface area contributed by atoms with Crippen molar-refractivity contribution in [2.24, 2.45) is 0 Å². The summed E-state index contributed by atoms with van der Waals surface area (Å²) in [6.45, 7) is 5.21. The fraction of sp³-hybridized carbons (Fsp3) is 0.562. The second kappa shape index (κ2) is 8.00. The average Bonchev–Trinajstić information content (AvgIpc) is 2.37. The third-order valence-electron chi connectivity index (χ3n) is 2.89. The first-order chi connectivity index (χ1) is 9.81. The molecular weight excluding hydrogens is 270 g/mol. The van der Waals surface area contributed by atoms with Crippen LogP contribution >= 0.6 is 0 Å². The number of amides is 1. The van der Waals surface area contributed by atoms with Crippen LogP contribution in [0.5, 0.6) is 0 Å². The fourth-order valence-electron chi connectivity index (χ4n) is 1.94. The van der Waals surface area contributed by atoms with E-state index in [-0.39, 0.29) is 13.0 Å². The maximum Gasteiger partial charge on any atom is 0.407 e. The van der Waals surface area contributed by atoms with Crippen LogP contribution in [0.25, 0.3) is 0 Å². The van der Waals surface area contributed by atoms with E-state index >= 15 is 0 Å². The number of carbonyl (C=O) groups excluding carboxylic acids is 1. The lowest BCUT2D eigenvalue weighted by Crippen LogP contribution is -2.47. The van der Waals surface area contributed by atoms with E-state index in [1.165, 1.54) is 0 Å². The number of benzene rings is 1. The van der Waals surface area contributed by atoms with Gasteiger partial charge in [-0.2, -0.15) is 0 Å². The predicted octanol–water partition coefficient (Wildman–Crippen LogP) is 1.87. The summed E-state index contributed by atoms with van der Waals surface area (Å²) < 4.78 is 5.21. The summed E-state index contributed by atoms with van der Waals surface area (Å²) in [6, 6.07) is 9.06. The lowest BCUT2D eigenvalue weighted by atomic mass is 9.99. The molecule has 3 N–H and O–H groups in total. The number of carbonyl (C=O) groups is 1. The maximum absolute atomic E-state index is 11.9. The predicted molar refractivity (Wildman–Crippen MR) is 81.0 cm³/mol. The van der Waals surface area contributed by atoms with Gasteiger partial charge in [-0.05, 0) is 39.2 Å². The number of aliphatic hydroxyl groups excluding tert-OH is 2. The zero-order chi connectivity index (χ0) is 15.9. The van der Waals surface area contributed by atoms with E-state index in [1.807, 2.05) is 30.3 Å². The summed E-state index contributed by atoms with van der Waals surface area (Å²) in [6.07, 6.45) is -0.725. The van der Waals surface area contributed by atoms with E-state index in [9.17, 15) is 9.90 Å². The Morgan fingerprint density at radius 2 is 1.90 bits per heavy atom. The third-order valence-corrected chi connectivity index (χ3v) is 2.89. The van der Waals surface area contributed by atoms with Crippen LogP contribution in [0.15, 0.2) is 30.3 Å². The van der Waals surface area contributed by atoms with E-state index in [4.69, 9.17) is 9.84 Å². The molecule has 0 heterocycles. The Kier molecular flexibility index (Phi) is 6.65. The van der Waals surface area contributed by atoms with Gasteiger partial charge >= 0.3 is 6.09 Å². The molecule has 0 spiro atoms. The molecule has 118 valence electrons. The van der Waals surface area contributed by atoms with Crippen molar-refractivity contribution in [3.63, 3.8) is 0 Å². The Morgan fingerprint density at radius 1 is 1.29 bits per heavy atom. The second-order valence-electron chi connectivity index (χ2n) is 6.02. The Hall–Kier alpha value is -1.59.